The van der Waals surface area contributed by atoms with Gasteiger partial charge in [0.1, 0.15) is 22.9 Å². The number of hydrogen-bond donors (Lipinski definition) is 4. The van der Waals surface area contributed by atoms with E-state index in [1.54, 1.807) is 31.5 Å². The molecule has 0 aliphatic rings. The van der Waals surface area contributed by atoms with Gasteiger partial charge in [-0.25, -0.2) is 0 Å². The van der Waals surface area contributed by atoms with E-state index in [0.29, 0.717) is 11.3 Å². The molecule has 3 rings (SSSR count). The molecule has 122 valence electrons. The molecule has 0 saturated carbocycles. The molecule has 1 heterocycles. The van der Waals surface area contributed by atoms with Crippen LogP contribution in [-0.4, -0.2) is 15.2 Å². The smallest absolute Gasteiger partial charge is 0.253 e. The quantitative estimate of drug-likeness (QED) is 0.531. The van der Waals surface area contributed by atoms with Crippen LogP contribution >= 0.6 is 0 Å². The lowest BCUT2D eigenvalue weighted by atomic mass is 10.1. The number of hydrogen-bond acceptors (Lipinski definition) is 7. The van der Waals surface area contributed by atoms with Gasteiger partial charge in [0.2, 0.25) is 0 Å². The summed E-state index contributed by atoms with van der Waals surface area (Å²) in [7, 11) is 0. The third-order valence-corrected chi connectivity index (χ3v) is 3.65. The summed E-state index contributed by atoms with van der Waals surface area (Å²) in [5.41, 5.74) is 0.371. The fourth-order valence-electron chi connectivity index (χ4n) is 2.40. The molecule has 1 unspecified atom stereocenters. The lowest BCUT2D eigenvalue weighted by Crippen LogP contribution is -2.37. The monoisotopic (exact) mass is 325 g/mol. The van der Waals surface area contributed by atoms with Gasteiger partial charge < -0.3 is 20.8 Å². The molecule has 0 fully saturated rings. The summed E-state index contributed by atoms with van der Waals surface area (Å²) >= 11 is 0. The highest BCUT2D eigenvalue weighted by atomic mass is 16.3. The lowest BCUT2D eigenvalue weighted by molar-refractivity contribution is 0.448. The number of nitrogens with zero attached hydrogens (tertiary/aromatic N) is 1. The number of rotatable bonds is 5. The topological polar surface area (TPSA) is 112 Å². The van der Waals surface area contributed by atoms with Crippen LogP contribution in [0.5, 0.6) is 11.5 Å². The highest BCUT2D eigenvalue weighted by molar-refractivity contribution is 5.78. The summed E-state index contributed by atoms with van der Waals surface area (Å²) in [4.78, 5) is 27.5. The summed E-state index contributed by atoms with van der Waals surface area (Å²) in [5, 5.41) is 24.9. The largest absolute Gasteiger partial charge is 0.508 e. The molecular formula is C17H15N3O4. The number of pyridine rings is 1. The Balaban J connectivity index is 1.84. The molecule has 7 nitrogen and oxygen atoms in total. The number of aromatic nitrogens is 1. The first kappa shape index (κ1) is 15.5. The molecule has 0 spiro atoms. The molecule has 3 aromatic rings. The Hall–Kier alpha value is -3.35. The Bertz CT molecular complexity index is 926. The van der Waals surface area contributed by atoms with E-state index >= 15 is 0 Å². The molecule has 0 saturated heterocycles. The maximum absolute atomic E-state index is 11.8. The minimum absolute atomic E-state index is 0.0845. The van der Waals surface area contributed by atoms with Crippen LogP contribution in [0.4, 0.5) is 17.1 Å². The standard InChI is InChI=1S/C17H15N3O4/c1-9(10-6-12(21)8-13(22)7-10)19-14-15(17(24)16(14)23)20-11-2-4-18-5-3-11/h2-9,19,21-22H,1H3,(H,18,20). The maximum Gasteiger partial charge on any atom is 0.253 e. The van der Waals surface area contributed by atoms with Crippen LogP contribution in [0.2, 0.25) is 0 Å². The van der Waals surface area contributed by atoms with E-state index in [-0.39, 0.29) is 22.9 Å². The van der Waals surface area contributed by atoms with Crippen molar-refractivity contribution in [3.63, 3.8) is 0 Å². The third kappa shape index (κ3) is 2.91. The predicted octanol–water partition coefficient (Wildman–Crippen LogP) is 2.01. The SMILES string of the molecule is CC(Nc1c(Nc2ccncc2)c(=O)c1=O)c1cc(O)cc(O)c1. The minimum Gasteiger partial charge on any atom is -0.508 e. The number of phenols is 2. The van der Waals surface area contributed by atoms with Crippen LogP contribution < -0.4 is 21.5 Å². The van der Waals surface area contributed by atoms with Crippen LogP contribution in [-0.2, 0) is 0 Å². The van der Waals surface area contributed by atoms with Crippen LogP contribution in [0.1, 0.15) is 18.5 Å². The minimum atomic E-state index is -0.609. The number of benzene rings is 1. The number of aromatic hydroxyl groups is 2. The van der Waals surface area contributed by atoms with Crippen molar-refractivity contribution in [1.29, 1.82) is 0 Å². The molecule has 1 atom stereocenters. The van der Waals surface area contributed by atoms with Crippen LogP contribution in [0.3, 0.4) is 0 Å². The molecule has 0 bridgehead atoms. The Kier molecular flexibility index (Phi) is 3.91. The maximum atomic E-state index is 11.8. The lowest BCUT2D eigenvalue weighted by Gasteiger charge is -2.20. The molecule has 0 aliphatic heterocycles. The van der Waals surface area contributed by atoms with Gasteiger partial charge in [0.25, 0.3) is 10.9 Å². The Morgan fingerprint density at radius 3 is 2.17 bits per heavy atom. The van der Waals surface area contributed by atoms with Gasteiger partial charge in [-0.05, 0) is 36.8 Å². The van der Waals surface area contributed by atoms with E-state index in [2.05, 4.69) is 15.6 Å². The molecule has 4 N–H and O–H groups in total. The van der Waals surface area contributed by atoms with Gasteiger partial charge in [-0.3, -0.25) is 14.6 Å². The van der Waals surface area contributed by atoms with Crippen LogP contribution in [0.25, 0.3) is 0 Å². The third-order valence-electron chi connectivity index (χ3n) is 3.65. The number of phenolic OH excluding ortho intramolecular Hbond substituents is 2. The fraction of sp³-hybridized carbons (Fsp3) is 0.118. The molecule has 0 aliphatic carbocycles. The summed E-state index contributed by atoms with van der Waals surface area (Å²) in [5.74, 6) is -0.169. The molecule has 24 heavy (non-hydrogen) atoms. The van der Waals surface area contributed by atoms with Crippen molar-refractivity contribution in [2.75, 3.05) is 10.6 Å². The predicted molar refractivity (Wildman–Crippen MR) is 90.7 cm³/mol. The zero-order valence-electron chi connectivity index (χ0n) is 12.8. The summed E-state index contributed by atoms with van der Waals surface area (Å²) in [6.07, 6.45) is 3.14. The first-order valence-corrected chi connectivity index (χ1v) is 7.25. The van der Waals surface area contributed by atoms with Crippen molar-refractivity contribution in [1.82, 2.24) is 4.98 Å². The van der Waals surface area contributed by atoms with Crippen molar-refractivity contribution >= 4 is 17.1 Å². The summed E-state index contributed by atoms with van der Waals surface area (Å²) in [6, 6.07) is 7.11. The Morgan fingerprint density at radius 1 is 0.958 bits per heavy atom. The first-order chi connectivity index (χ1) is 11.5. The van der Waals surface area contributed by atoms with E-state index in [1.165, 1.54) is 18.2 Å². The second-order valence-corrected chi connectivity index (χ2v) is 5.42. The van der Waals surface area contributed by atoms with Gasteiger partial charge >= 0.3 is 0 Å². The van der Waals surface area contributed by atoms with Gasteiger partial charge in [0.05, 0.1) is 0 Å². The zero-order valence-corrected chi connectivity index (χ0v) is 12.8. The van der Waals surface area contributed by atoms with Crippen molar-refractivity contribution in [2.24, 2.45) is 0 Å². The van der Waals surface area contributed by atoms with Gasteiger partial charge in [-0.2, -0.15) is 0 Å². The summed E-state index contributed by atoms with van der Waals surface area (Å²) < 4.78 is 0. The van der Waals surface area contributed by atoms with Gasteiger partial charge in [0.15, 0.2) is 0 Å². The van der Waals surface area contributed by atoms with E-state index in [0.717, 1.165) is 0 Å². The second kappa shape index (κ2) is 6.04. The van der Waals surface area contributed by atoms with Crippen LogP contribution in [0, 0.1) is 0 Å². The second-order valence-electron chi connectivity index (χ2n) is 5.42. The molecule has 7 heteroatoms. The normalized spacial score (nSPS) is 12.0. The van der Waals surface area contributed by atoms with Crippen LogP contribution in [0.15, 0.2) is 52.3 Å². The van der Waals surface area contributed by atoms with Crippen molar-refractivity contribution in [2.45, 2.75) is 13.0 Å². The zero-order chi connectivity index (χ0) is 17.3. The van der Waals surface area contributed by atoms with Crippen molar-refractivity contribution in [3.8, 4) is 11.5 Å². The molecule has 2 aromatic carbocycles. The van der Waals surface area contributed by atoms with E-state index in [4.69, 9.17) is 0 Å². The Morgan fingerprint density at radius 2 is 1.54 bits per heavy atom. The average Bonchev–Trinajstić information content (AvgIpc) is 2.57. The number of anilines is 3. The molecule has 1 aromatic heterocycles. The summed E-state index contributed by atoms with van der Waals surface area (Å²) in [6.45, 7) is 1.75. The van der Waals surface area contributed by atoms with E-state index in [9.17, 15) is 19.8 Å². The Labute approximate surface area is 136 Å². The molecular weight excluding hydrogens is 310 g/mol. The van der Waals surface area contributed by atoms with Crippen molar-refractivity contribution < 1.29 is 10.2 Å². The highest BCUT2D eigenvalue weighted by Crippen LogP contribution is 2.29. The number of nitrogens with one attached hydrogen (secondary N) is 2. The van der Waals surface area contributed by atoms with Crippen molar-refractivity contribution in [3.05, 3.63) is 68.7 Å². The fourth-order valence-corrected chi connectivity index (χ4v) is 2.40. The van der Waals surface area contributed by atoms with E-state index in [1.807, 2.05) is 0 Å². The average molecular weight is 325 g/mol. The van der Waals surface area contributed by atoms with Gasteiger partial charge in [-0.15, -0.1) is 0 Å². The van der Waals surface area contributed by atoms with Gasteiger partial charge in [-0.1, -0.05) is 0 Å². The van der Waals surface area contributed by atoms with Gasteiger partial charge in [0, 0.05) is 30.2 Å². The molecule has 0 radical (unpaired) electrons. The van der Waals surface area contributed by atoms with E-state index < -0.39 is 16.9 Å². The first-order valence-electron chi connectivity index (χ1n) is 7.25. The molecule has 0 amide bonds. The highest BCUT2D eigenvalue weighted by Gasteiger charge is 2.23.